The molecule has 0 aliphatic carbocycles. The maximum atomic E-state index is 12.5. The van der Waals surface area contributed by atoms with Crippen LogP contribution in [-0.4, -0.2) is 47.5 Å². The third-order valence-electron chi connectivity index (χ3n) is 5.31. The number of nitrogens with one attached hydrogen (secondary N) is 2. The number of likely N-dealkylation sites (N-methyl/N-ethyl adjacent to an activating group) is 1. The quantitative estimate of drug-likeness (QED) is 0.741. The van der Waals surface area contributed by atoms with Crippen molar-refractivity contribution in [2.75, 3.05) is 20.1 Å². The smallest absolute Gasteiger partial charge is 0.252 e. The molecule has 1 atom stereocenters. The molecular formula is C22H28N4O3. The molecule has 29 heavy (non-hydrogen) atoms. The number of aromatic nitrogens is 1. The highest BCUT2D eigenvalue weighted by atomic mass is 16.2. The van der Waals surface area contributed by atoms with Crippen molar-refractivity contribution in [3.05, 3.63) is 70.1 Å². The van der Waals surface area contributed by atoms with Crippen molar-refractivity contribution in [3.8, 4) is 0 Å². The molecule has 0 unspecified atom stereocenters. The van der Waals surface area contributed by atoms with E-state index < -0.39 is 0 Å². The van der Waals surface area contributed by atoms with E-state index in [0.29, 0.717) is 24.7 Å². The highest BCUT2D eigenvalue weighted by Crippen LogP contribution is 2.14. The van der Waals surface area contributed by atoms with Crippen LogP contribution < -0.4 is 16.2 Å². The maximum absolute atomic E-state index is 12.5. The predicted octanol–water partition coefficient (Wildman–Crippen LogP) is 1.38. The fraction of sp³-hybridized carbons (Fsp3) is 0.409. The van der Waals surface area contributed by atoms with Gasteiger partial charge in [-0.2, -0.15) is 0 Å². The molecule has 1 aromatic carbocycles. The van der Waals surface area contributed by atoms with Crippen LogP contribution in [0.3, 0.4) is 0 Å². The minimum atomic E-state index is -0.316. The largest absolute Gasteiger partial charge is 0.350 e. The minimum Gasteiger partial charge on any atom is -0.350 e. The lowest BCUT2D eigenvalue weighted by Crippen LogP contribution is -2.44. The van der Waals surface area contributed by atoms with Crippen molar-refractivity contribution in [1.29, 1.82) is 0 Å². The topological polar surface area (TPSA) is 83.4 Å². The summed E-state index contributed by atoms with van der Waals surface area (Å²) in [5.74, 6) is -0.514. The minimum absolute atomic E-state index is 0.127. The molecule has 7 nitrogen and oxygen atoms in total. The van der Waals surface area contributed by atoms with Gasteiger partial charge in [0.1, 0.15) is 6.54 Å². The van der Waals surface area contributed by atoms with Crippen LogP contribution in [-0.2, 0) is 17.9 Å². The van der Waals surface area contributed by atoms with E-state index in [-0.39, 0.29) is 23.9 Å². The van der Waals surface area contributed by atoms with Gasteiger partial charge in [0.25, 0.3) is 11.5 Å². The number of carbonyl (C=O) groups excluding carboxylic acids is 2. The zero-order valence-electron chi connectivity index (χ0n) is 16.8. The second-order valence-electron chi connectivity index (χ2n) is 7.49. The number of rotatable bonds is 7. The molecule has 0 saturated carbocycles. The number of hydrogen-bond acceptors (Lipinski definition) is 4. The van der Waals surface area contributed by atoms with Gasteiger partial charge in [-0.3, -0.25) is 14.4 Å². The molecule has 7 heteroatoms. The van der Waals surface area contributed by atoms with Gasteiger partial charge in [-0.25, -0.2) is 0 Å². The first-order valence-electron chi connectivity index (χ1n) is 10.0. The molecule has 2 aromatic rings. The third kappa shape index (κ3) is 6.02. The number of piperidine rings is 1. The summed E-state index contributed by atoms with van der Waals surface area (Å²) in [6, 6.07) is 12.7. The predicted molar refractivity (Wildman–Crippen MR) is 112 cm³/mol. The van der Waals surface area contributed by atoms with Crippen LogP contribution in [0.4, 0.5) is 0 Å². The van der Waals surface area contributed by atoms with E-state index in [9.17, 15) is 14.4 Å². The van der Waals surface area contributed by atoms with Crippen molar-refractivity contribution >= 4 is 11.8 Å². The van der Waals surface area contributed by atoms with E-state index in [1.807, 2.05) is 30.3 Å². The second-order valence-corrected chi connectivity index (χ2v) is 7.49. The van der Waals surface area contributed by atoms with Crippen LogP contribution in [0.1, 0.15) is 35.2 Å². The summed E-state index contributed by atoms with van der Waals surface area (Å²) in [4.78, 5) is 39.1. The highest BCUT2D eigenvalue weighted by molar-refractivity contribution is 5.93. The molecule has 1 aromatic heterocycles. The number of pyridine rings is 1. The van der Waals surface area contributed by atoms with Gasteiger partial charge in [0.2, 0.25) is 5.91 Å². The van der Waals surface area contributed by atoms with E-state index in [0.717, 1.165) is 18.5 Å². The number of likely N-dealkylation sites (tertiary alicyclic amines) is 1. The SMILES string of the molecule is CN1CCCC[C@@H]1CNC(=O)c1ccc(=O)n(CC(=O)NCc2ccccc2)c1. The zero-order chi connectivity index (χ0) is 20.6. The number of carbonyl (C=O) groups is 2. The Morgan fingerprint density at radius 3 is 2.62 bits per heavy atom. The monoisotopic (exact) mass is 396 g/mol. The molecule has 3 rings (SSSR count). The van der Waals surface area contributed by atoms with Crippen LogP contribution in [0.5, 0.6) is 0 Å². The van der Waals surface area contributed by atoms with E-state index >= 15 is 0 Å². The summed E-state index contributed by atoms with van der Waals surface area (Å²) in [6.07, 6.45) is 4.88. The van der Waals surface area contributed by atoms with E-state index in [2.05, 4.69) is 22.6 Å². The lowest BCUT2D eigenvalue weighted by atomic mass is 10.0. The van der Waals surface area contributed by atoms with Crippen molar-refractivity contribution in [2.24, 2.45) is 0 Å². The Morgan fingerprint density at radius 2 is 1.86 bits per heavy atom. The molecule has 2 heterocycles. The van der Waals surface area contributed by atoms with E-state index in [1.165, 1.54) is 35.7 Å². The Bertz CT molecular complexity index is 894. The molecule has 1 aliphatic rings. The second kappa shape index (κ2) is 10.0. The first kappa shape index (κ1) is 20.8. The number of amides is 2. The number of hydrogen-bond donors (Lipinski definition) is 2. The molecule has 0 spiro atoms. The zero-order valence-corrected chi connectivity index (χ0v) is 16.8. The maximum Gasteiger partial charge on any atom is 0.252 e. The average Bonchev–Trinajstić information content (AvgIpc) is 2.74. The summed E-state index contributed by atoms with van der Waals surface area (Å²) in [7, 11) is 2.07. The fourth-order valence-corrected chi connectivity index (χ4v) is 3.51. The Hall–Kier alpha value is -2.93. The molecule has 1 aliphatic heterocycles. The van der Waals surface area contributed by atoms with Crippen LogP contribution in [0.2, 0.25) is 0 Å². The fourth-order valence-electron chi connectivity index (χ4n) is 3.51. The molecule has 1 fully saturated rings. The lowest BCUT2D eigenvalue weighted by Gasteiger charge is -2.32. The van der Waals surface area contributed by atoms with Gasteiger partial charge < -0.3 is 20.1 Å². The number of nitrogens with zero attached hydrogens (tertiary/aromatic N) is 2. The molecule has 1 saturated heterocycles. The van der Waals surface area contributed by atoms with Crippen LogP contribution in [0.25, 0.3) is 0 Å². The van der Waals surface area contributed by atoms with Crippen LogP contribution in [0.15, 0.2) is 53.5 Å². The van der Waals surface area contributed by atoms with Gasteiger partial charge >= 0.3 is 0 Å². The van der Waals surface area contributed by atoms with Crippen molar-refractivity contribution in [1.82, 2.24) is 20.1 Å². The van der Waals surface area contributed by atoms with Crippen molar-refractivity contribution in [3.63, 3.8) is 0 Å². The summed E-state index contributed by atoms with van der Waals surface area (Å²) in [5.41, 5.74) is 1.04. The van der Waals surface area contributed by atoms with Crippen molar-refractivity contribution < 1.29 is 9.59 Å². The third-order valence-corrected chi connectivity index (χ3v) is 5.31. The van der Waals surface area contributed by atoms with Crippen molar-refractivity contribution in [2.45, 2.75) is 38.4 Å². The summed E-state index contributed by atoms with van der Waals surface area (Å²) >= 11 is 0. The van der Waals surface area contributed by atoms with Gasteiger partial charge in [-0.15, -0.1) is 0 Å². The van der Waals surface area contributed by atoms with Crippen LogP contribution >= 0.6 is 0 Å². The Labute approximate surface area is 170 Å². The Kier molecular flexibility index (Phi) is 7.19. The van der Waals surface area contributed by atoms with E-state index in [4.69, 9.17) is 0 Å². The lowest BCUT2D eigenvalue weighted by molar-refractivity contribution is -0.121. The van der Waals surface area contributed by atoms with Gasteiger partial charge in [-0.05, 0) is 38.1 Å². The van der Waals surface area contributed by atoms with Gasteiger partial charge in [0.15, 0.2) is 0 Å². The van der Waals surface area contributed by atoms with E-state index in [1.54, 1.807) is 0 Å². The first-order chi connectivity index (χ1) is 14.0. The standard InChI is InChI=1S/C22H28N4O3/c1-25-12-6-5-9-19(25)14-24-22(29)18-10-11-21(28)26(15-18)16-20(27)23-13-17-7-3-2-4-8-17/h2-4,7-8,10-11,15,19H,5-6,9,12-14,16H2,1H3,(H,23,27)(H,24,29)/t19-/m1/s1. The Morgan fingerprint density at radius 1 is 1.07 bits per heavy atom. The molecule has 0 bridgehead atoms. The summed E-state index contributed by atoms with van der Waals surface area (Å²) in [5, 5.41) is 5.74. The average molecular weight is 396 g/mol. The molecule has 2 N–H and O–H groups in total. The highest BCUT2D eigenvalue weighted by Gasteiger charge is 2.19. The van der Waals surface area contributed by atoms with Gasteiger partial charge in [0.05, 0.1) is 5.56 Å². The summed E-state index contributed by atoms with van der Waals surface area (Å²) in [6.45, 7) is 1.89. The normalized spacial score (nSPS) is 16.9. The van der Waals surface area contributed by atoms with Gasteiger partial charge in [0, 0.05) is 31.4 Å². The molecular weight excluding hydrogens is 368 g/mol. The first-order valence-corrected chi connectivity index (χ1v) is 10.0. The molecule has 0 radical (unpaired) electrons. The molecule has 154 valence electrons. The van der Waals surface area contributed by atoms with Crippen LogP contribution in [0, 0.1) is 0 Å². The number of benzene rings is 1. The Balaban J connectivity index is 1.56. The van der Waals surface area contributed by atoms with Gasteiger partial charge in [-0.1, -0.05) is 36.8 Å². The summed E-state index contributed by atoms with van der Waals surface area (Å²) < 4.78 is 1.27. The molecule has 2 amide bonds.